The SMILES string of the molecule is C=CCOc1c(I)cc(I)cc1/C=c1/sc2nc3ccccc3n2c1=O. The highest BCUT2D eigenvalue weighted by molar-refractivity contribution is 14.1. The van der Waals surface area contributed by atoms with Crippen LogP contribution in [0.1, 0.15) is 5.56 Å². The Morgan fingerprint density at radius 1 is 1.27 bits per heavy atom. The molecule has 0 bridgehead atoms. The lowest BCUT2D eigenvalue weighted by atomic mass is 10.2. The number of rotatable bonds is 4. The minimum Gasteiger partial charge on any atom is -0.488 e. The van der Waals surface area contributed by atoms with Gasteiger partial charge in [0, 0.05) is 9.13 Å². The Morgan fingerprint density at radius 2 is 2.08 bits per heavy atom. The van der Waals surface area contributed by atoms with Crippen LogP contribution < -0.4 is 14.8 Å². The van der Waals surface area contributed by atoms with Crippen molar-refractivity contribution in [3.8, 4) is 5.75 Å². The molecule has 2 aromatic heterocycles. The van der Waals surface area contributed by atoms with Crippen molar-refractivity contribution in [1.29, 1.82) is 0 Å². The number of aromatic nitrogens is 2. The fourth-order valence-electron chi connectivity index (χ4n) is 2.74. The van der Waals surface area contributed by atoms with E-state index < -0.39 is 0 Å². The molecular formula is C19H12I2N2O2S. The summed E-state index contributed by atoms with van der Waals surface area (Å²) in [4.78, 5) is 18.2. The molecule has 0 fully saturated rings. The predicted octanol–water partition coefficient (Wildman–Crippen LogP) is 4.23. The van der Waals surface area contributed by atoms with Crippen LogP contribution in [0.2, 0.25) is 0 Å². The van der Waals surface area contributed by atoms with Gasteiger partial charge in [-0.05, 0) is 75.5 Å². The third kappa shape index (κ3) is 3.16. The van der Waals surface area contributed by atoms with Gasteiger partial charge in [0.15, 0.2) is 4.96 Å². The van der Waals surface area contributed by atoms with E-state index in [1.165, 1.54) is 11.3 Å². The average molecular weight is 586 g/mol. The van der Waals surface area contributed by atoms with Crippen LogP contribution in [0.15, 0.2) is 53.8 Å². The molecule has 0 saturated heterocycles. The Hall–Kier alpha value is -1.46. The number of benzene rings is 2. The number of imidazole rings is 1. The van der Waals surface area contributed by atoms with Gasteiger partial charge >= 0.3 is 0 Å². The molecule has 0 atom stereocenters. The van der Waals surface area contributed by atoms with E-state index in [9.17, 15) is 4.79 Å². The molecular weight excluding hydrogens is 574 g/mol. The van der Waals surface area contributed by atoms with E-state index in [1.54, 1.807) is 10.5 Å². The van der Waals surface area contributed by atoms with Gasteiger partial charge in [-0.2, -0.15) is 0 Å². The standard InChI is InChI=1S/C19H12I2N2O2S/c1-2-7-25-17-11(8-12(20)10-13(17)21)9-16-18(24)23-15-6-4-3-5-14(15)22-19(23)26-16/h2-6,8-10H,1,7H2/b16-9+. The fraction of sp³-hybridized carbons (Fsp3) is 0.0526. The van der Waals surface area contributed by atoms with Gasteiger partial charge in [0.1, 0.15) is 12.4 Å². The molecule has 0 spiro atoms. The van der Waals surface area contributed by atoms with E-state index in [4.69, 9.17) is 4.74 Å². The summed E-state index contributed by atoms with van der Waals surface area (Å²) in [7, 11) is 0. The Bertz CT molecular complexity index is 1260. The Labute approximate surface area is 180 Å². The summed E-state index contributed by atoms with van der Waals surface area (Å²) < 4.78 is 10.2. The Kier molecular flexibility index (Phi) is 5.02. The largest absolute Gasteiger partial charge is 0.488 e. The van der Waals surface area contributed by atoms with Gasteiger partial charge < -0.3 is 4.74 Å². The van der Waals surface area contributed by atoms with Gasteiger partial charge in [-0.3, -0.25) is 4.79 Å². The molecule has 0 aliphatic carbocycles. The zero-order chi connectivity index (χ0) is 18.3. The van der Waals surface area contributed by atoms with Crippen molar-refractivity contribution in [3.63, 3.8) is 0 Å². The number of halogens is 2. The number of nitrogens with zero attached hydrogens (tertiary/aromatic N) is 2. The van der Waals surface area contributed by atoms with E-state index in [0.29, 0.717) is 16.1 Å². The smallest absolute Gasteiger partial charge is 0.274 e. The molecule has 26 heavy (non-hydrogen) atoms. The van der Waals surface area contributed by atoms with E-state index >= 15 is 0 Å². The number of thiazole rings is 1. The maximum absolute atomic E-state index is 12.9. The molecule has 4 nitrogen and oxygen atoms in total. The molecule has 0 aliphatic heterocycles. The van der Waals surface area contributed by atoms with Crippen LogP contribution in [0, 0.1) is 7.14 Å². The van der Waals surface area contributed by atoms with Crippen LogP contribution in [0.3, 0.4) is 0 Å². The molecule has 2 heterocycles. The van der Waals surface area contributed by atoms with E-state index in [0.717, 1.165) is 29.5 Å². The molecule has 0 radical (unpaired) electrons. The summed E-state index contributed by atoms with van der Waals surface area (Å²) in [6.07, 6.45) is 3.60. The number of fused-ring (bicyclic) bond motifs is 3. The third-order valence-electron chi connectivity index (χ3n) is 3.81. The van der Waals surface area contributed by atoms with Crippen molar-refractivity contribution in [1.82, 2.24) is 9.38 Å². The van der Waals surface area contributed by atoms with Gasteiger partial charge in [-0.15, -0.1) is 0 Å². The Balaban J connectivity index is 1.96. The van der Waals surface area contributed by atoms with E-state index in [-0.39, 0.29) is 5.56 Å². The van der Waals surface area contributed by atoms with Crippen LogP contribution in [0.5, 0.6) is 5.75 Å². The minimum atomic E-state index is -0.0535. The molecule has 0 aliphatic rings. The maximum atomic E-state index is 12.9. The summed E-state index contributed by atoms with van der Waals surface area (Å²) in [5.74, 6) is 0.765. The average Bonchev–Trinajstić information content (AvgIpc) is 3.11. The number of ether oxygens (including phenoxy) is 1. The highest BCUT2D eigenvalue weighted by Crippen LogP contribution is 2.29. The van der Waals surface area contributed by atoms with Crippen molar-refractivity contribution in [3.05, 3.63) is 76.6 Å². The topological polar surface area (TPSA) is 43.6 Å². The molecule has 0 unspecified atom stereocenters. The molecule has 7 heteroatoms. The number of hydrogen-bond donors (Lipinski definition) is 0. The normalized spacial score (nSPS) is 12.2. The Morgan fingerprint density at radius 3 is 2.88 bits per heavy atom. The second kappa shape index (κ2) is 7.28. The van der Waals surface area contributed by atoms with Gasteiger partial charge in [0.25, 0.3) is 5.56 Å². The molecule has 4 rings (SSSR count). The zero-order valence-corrected chi connectivity index (χ0v) is 18.5. The maximum Gasteiger partial charge on any atom is 0.274 e. The van der Waals surface area contributed by atoms with Crippen molar-refractivity contribution in [2.75, 3.05) is 6.61 Å². The molecule has 130 valence electrons. The van der Waals surface area contributed by atoms with Crippen LogP contribution in [0.25, 0.3) is 22.1 Å². The third-order valence-corrected chi connectivity index (χ3v) is 6.21. The fourth-order valence-corrected chi connectivity index (χ4v) is 5.76. The molecule has 4 aromatic rings. The molecule has 2 aromatic carbocycles. The molecule has 0 N–H and O–H groups in total. The van der Waals surface area contributed by atoms with Crippen molar-refractivity contribution >= 4 is 78.6 Å². The van der Waals surface area contributed by atoms with E-state index in [1.807, 2.05) is 42.5 Å². The van der Waals surface area contributed by atoms with Gasteiger partial charge in [0.2, 0.25) is 0 Å². The van der Waals surface area contributed by atoms with Gasteiger partial charge in [0.05, 0.1) is 19.1 Å². The lowest BCUT2D eigenvalue weighted by molar-refractivity contribution is 0.360. The minimum absolute atomic E-state index is 0.0535. The highest BCUT2D eigenvalue weighted by atomic mass is 127. The summed E-state index contributed by atoms with van der Waals surface area (Å²) in [5.41, 5.74) is 2.50. The monoisotopic (exact) mass is 586 g/mol. The number of para-hydroxylation sites is 2. The quantitative estimate of drug-likeness (QED) is 0.266. The molecule has 0 amide bonds. The summed E-state index contributed by atoms with van der Waals surface area (Å²) in [5, 5.41) is 0. The van der Waals surface area contributed by atoms with Gasteiger partial charge in [-0.1, -0.05) is 36.1 Å². The van der Waals surface area contributed by atoms with Crippen molar-refractivity contribution in [2.45, 2.75) is 0 Å². The molecule has 0 saturated carbocycles. The lowest BCUT2D eigenvalue weighted by Crippen LogP contribution is -2.22. The van der Waals surface area contributed by atoms with E-state index in [2.05, 4.69) is 56.7 Å². The van der Waals surface area contributed by atoms with Crippen molar-refractivity contribution in [2.24, 2.45) is 0 Å². The van der Waals surface area contributed by atoms with Crippen LogP contribution in [0.4, 0.5) is 0 Å². The lowest BCUT2D eigenvalue weighted by Gasteiger charge is -2.10. The second-order valence-corrected chi connectivity index (χ2v) is 8.96. The first-order valence-corrected chi connectivity index (χ1v) is 10.7. The predicted molar refractivity (Wildman–Crippen MR) is 123 cm³/mol. The first-order valence-electron chi connectivity index (χ1n) is 7.73. The van der Waals surface area contributed by atoms with Crippen LogP contribution in [-0.4, -0.2) is 16.0 Å². The summed E-state index contributed by atoms with van der Waals surface area (Å²) >= 11 is 5.91. The first-order chi connectivity index (χ1) is 12.6. The van der Waals surface area contributed by atoms with Crippen LogP contribution in [-0.2, 0) is 0 Å². The van der Waals surface area contributed by atoms with Crippen molar-refractivity contribution < 1.29 is 4.74 Å². The summed E-state index contributed by atoms with van der Waals surface area (Å²) in [6, 6.07) is 11.7. The first kappa shape index (κ1) is 17.9. The van der Waals surface area contributed by atoms with Crippen LogP contribution >= 0.6 is 56.5 Å². The number of hydrogen-bond acceptors (Lipinski definition) is 4. The van der Waals surface area contributed by atoms with Gasteiger partial charge in [-0.25, -0.2) is 9.38 Å². The highest BCUT2D eigenvalue weighted by Gasteiger charge is 2.13. The summed E-state index contributed by atoms with van der Waals surface area (Å²) in [6.45, 7) is 4.12. The second-order valence-electron chi connectivity index (χ2n) is 5.54. The zero-order valence-electron chi connectivity index (χ0n) is 13.4.